The molecular formula is C21H32N2. The molecular weight excluding hydrogens is 280 g/mol. The van der Waals surface area contributed by atoms with Gasteiger partial charge in [-0.15, -0.1) is 0 Å². The van der Waals surface area contributed by atoms with Gasteiger partial charge in [-0.1, -0.05) is 38.1 Å². The van der Waals surface area contributed by atoms with Crippen molar-refractivity contribution in [1.29, 1.82) is 0 Å². The highest BCUT2D eigenvalue weighted by Crippen LogP contribution is 2.53. The van der Waals surface area contributed by atoms with Crippen molar-refractivity contribution in [2.24, 2.45) is 5.41 Å². The second-order valence-corrected chi connectivity index (χ2v) is 8.49. The maximum absolute atomic E-state index is 3.53. The van der Waals surface area contributed by atoms with Gasteiger partial charge in [0.15, 0.2) is 0 Å². The summed E-state index contributed by atoms with van der Waals surface area (Å²) in [5.74, 6) is 0.630. The van der Waals surface area contributed by atoms with Gasteiger partial charge in [-0.3, -0.25) is 4.90 Å². The number of hydrogen-bond acceptors (Lipinski definition) is 2. The maximum Gasteiger partial charge on any atom is 0.0354 e. The molecule has 126 valence electrons. The average molecular weight is 313 g/mol. The van der Waals surface area contributed by atoms with Crippen molar-refractivity contribution in [3.05, 3.63) is 35.4 Å². The van der Waals surface area contributed by atoms with Crippen LogP contribution in [0, 0.1) is 5.41 Å². The first-order valence-corrected chi connectivity index (χ1v) is 9.74. The molecule has 0 radical (unpaired) electrons. The molecule has 0 bridgehead atoms. The number of benzene rings is 1. The van der Waals surface area contributed by atoms with Crippen LogP contribution in [-0.2, 0) is 0 Å². The SMILES string of the molecule is CC(C)c1ccccc1[C@H]1CCCN1C1CC2(CCNCC2)C1. The van der Waals surface area contributed by atoms with Crippen LogP contribution in [0.3, 0.4) is 0 Å². The van der Waals surface area contributed by atoms with Crippen LogP contribution in [0.1, 0.15) is 75.5 Å². The minimum Gasteiger partial charge on any atom is -0.317 e. The zero-order valence-corrected chi connectivity index (χ0v) is 14.9. The van der Waals surface area contributed by atoms with Crippen LogP contribution in [0.15, 0.2) is 24.3 Å². The van der Waals surface area contributed by atoms with Gasteiger partial charge in [-0.05, 0) is 80.6 Å². The van der Waals surface area contributed by atoms with Gasteiger partial charge in [-0.2, -0.15) is 0 Å². The zero-order chi connectivity index (χ0) is 15.9. The number of nitrogens with one attached hydrogen (secondary N) is 1. The fourth-order valence-electron chi connectivity index (χ4n) is 5.44. The standard InChI is InChI=1S/C21H32N2/c1-16(2)18-6-3-4-7-19(18)20-8-5-13-23(20)17-14-21(15-17)9-11-22-12-10-21/h3-4,6-7,16-17,20,22H,5,8-15H2,1-2H3/t20-/m1/s1. The highest BCUT2D eigenvalue weighted by Gasteiger charge is 2.48. The van der Waals surface area contributed by atoms with E-state index >= 15 is 0 Å². The van der Waals surface area contributed by atoms with E-state index in [0.717, 1.165) is 6.04 Å². The summed E-state index contributed by atoms with van der Waals surface area (Å²) in [6, 6.07) is 10.7. The summed E-state index contributed by atoms with van der Waals surface area (Å²) >= 11 is 0. The van der Waals surface area contributed by atoms with Gasteiger partial charge >= 0.3 is 0 Å². The Labute approximate surface area is 141 Å². The second-order valence-electron chi connectivity index (χ2n) is 8.49. The molecule has 0 amide bonds. The second kappa shape index (κ2) is 6.22. The first-order valence-electron chi connectivity index (χ1n) is 9.74. The number of nitrogens with zero attached hydrogens (tertiary/aromatic N) is 1. The minimum absolute atomic E-state index is 0.630. The fourth-order valence-corrected chi connectivity index (χ4v) is 5.44. The van der Waals surface area contributed by atoms with Crippen molar-refractivity contribution < 1.29 is 0 Å². The Morgan fingerprint density at radius 2 is 1.87 bits per heavy atom. The van der Waals surface area contributed by atoms with Gasteiger partial charge in [0.05, 0.1) is 0 Å². The van der Waals surface area contributed by atoms with E-state index in [1.165, 1.54) is 58.2 Å². The molecule has 1 spiro atoms. The molecule has 2 heterocycles. The molecule has 2 heteroatoms. The van der Waals surface area contributed by atoms with E-state index in [0.29, 0.717) is 17.4 Å². The molecule has 0 unspecified atom stereocenters. The number of hydrogen-bond donors (Lipinski definition) is 1. The Morgan fingerprint density at radius 3 is 2.61 bits per heavy atom. The molecule has 1 saturated carbocycles. The Balaban J connectivity index is 1.50. The topological polar surface area (TPSA) is 15.3 Å². The molecule has 1 aliphatic carbocycles. The van der Waals surface area contributed by atoms with Crippen LogP contribution in [0.2, 0.25) is 0 Å². The van der Waals surface area contributed by atoms with Gasteiger partial charge in [0, 0.05) is 12.1 Å². The van der Waals surface area contributed by atoms with Gasteiger partial charge < -0.3 is 5.32 Å². The van der Waals surface area contributed by atoms with Crippen molar-refractivity contribution in [2.75, 3.05) is 19.6 Å². The Kier molecular flexibility index (Phi) is 4.23. The molecule has 3 aliphatic rings. The lowest BCUT2D eigenvalue weighted by molar-refractivity contribution is -0.0265. The van der Waals surface area contributed by atoms with Crippen molar-refractivity contribution in [3.63, 3.8) is 0 Å². The first-order chi connectivity index (χ1) is 11.2. The van der Waals surface area contributed by atoms with Crippen molar-refractivity contribution in [3.8, 4) is 0 Å². The van der Waals surface area contributed by atoms with Gasteiger partial charge in [0.25, 0.3) is 0 Å². The number of piperidine rings is 1. The molecule has 1 N–H and O–H groups in total. The Morgan fingerprint density at radius 1 is 1.13 bits per heavy atom. The molecule has 23 heavy (non-hydrogen) atoms. The lowest BCUT2D eigenvalue weighted by Crippen LogP contribution is -2.54. The van der Waals surface area contributed by atoms with Gasteiger partial charge in [0.2, 0.25) is 0 Å². The predicted molar refractivity (Wildman–Crippen MR) is 96.8 cm³/mol. The zero-order valence-electron chi connectivity index (χ0n) is 14.9. The van der Waals surface area contributed by atoms with E-state index in [9.17, 15) is 0 Å². The monoisotopic (exact) mass is 312 g/mol. The van der Waals surface area contributed by atoms with Crippen molar-refractivity contribution in [1.82, 2.24) is 10.2 Å². The van der Waals surface area contributed by atoms with Crippen molar-refractivity contribution in [2.45, 2.75) is 70.4 Å². The maximum atomic E-state index is 3.53. The molecule has 1 aromatic carbocycles. The summed E-state index contributed by atoms with van der Waals surface area (Å²) < 4.78 is 0. The van der Waals surface area contributed by atoms with Crippen molar-refractivity contribution >= 4 is 0 Å². The highest BCUT2D eigenvalue weighted by atomic mass is 15.2. The van der Waals surface area contributed by atoms with Gasteiger partial charge in [0.1, 0.15) is 0 Å². The summed E-state index contributed by atoms with van der Waals surface area (Å²) in [6.07, 6.45) is 8.45. The summed E-state index contributed by atoms with van der Waals surface area (Å²) in [4.78, 5) is 2.87. The summed E-state index contributed by atoms with van der Waals surface area (Å²) in [5.41, 5.74) is 3.88. The summed E-state index contributed by atoms with van der Waals surface area (Å²) in [7, 11) is 0. The van der Waals surface area contributed by atoms with Crippen LogP contribution < -0.4 is 5.32 Å². The summed E-state index contributed by atoms with van der Waals surface area (Å²) in [5, 5.41) is 3.53. The summed E-state index contributed by atoms with van der Waals surface area (Å²) in [6.45, 7) is 8.48. The van der Waals surface area contributed by atoms with E-state index in [4.69, 9.17) is 0 Å². The molecule has 1 atom stereocenters. The number of likely N-dealkylation sites (tertiary alicyclic amines) is 1. The quantitative estimate of drug-likeness (QED) is 0.885. The van der Waals surface area contributed by atoms with E-state index in [-0.39, 0.29) is 0 Å². The minimum atomic E-state index is 0.630. The number of rotatable bonds is 3. The molecule has 1 aromatic rings. The molecule has 2 aliphatic heterocycles. The predicted octanol–water partition coefficient (Wildman–Crippen LogP) is 4.48. The smallest absolute Gasteiger partial charge is 0.0354 e. The van der Waals surface area contributed by atoms with E-state index in [1.54, 1.807) is 11.1 Å². The molecule has 4 rings (SSSR count). The fraction of sp³-hybridized carbons (Fsp3) is 0.714. The van der Waals surface area contributed by atoms with Crippen LogP contribution in [0.25, 0.3) is 0 Å². The lowest BCUT2D eigenvalue weighted by Gasteiger charge is -2.54. The third kappa shape index (κ3) is 2.85. The largest absolute Gasteiger partial charge is 0.317 e. The van der Waals surface area contributed by atoms with Crippen LogP contribution in [-0.4, -0.2) is 30.6 Å². The van der Waals surface area contributed by atoms with Crippen LogP contribution in [0.5, 0.6) is 0 Å². The van der Waals surface area contributed by atoms with Crippen LogP contribution >= 0.6 is 0 Å². The Bertz CT molecular complexity index is 537. The third-order valence-corrected chi connectivity index (χ3v) is 6.74. The van der Waals surface area contributed by atoms with E-state index < -0.39 is 0 Å². The normalized spacial score (nSPS) is 28.4. The highest BCUT2D eigenvalue weighted by molar-refractivity contribution is 5.33. The third-order valence-electron chi connectivity index (χ3n) is 6.74. The Hall–Kier alpha value is -0.860. The van der Waals surface area contributed by atoms with Gasteiger partial charge in [-0.25, -0.2) is 0 Å². The lowest BCUT2D eigenvalue weighted by atomic mass is 9.60. The molecule has 2 nitrogen and oxygen atoms in total. The van der Waals surface area contributed by atoms with E-state index in [1.807, 2.05) is 0 Å². The molecule has 3 fully saturated rings. The molecule has 2 saturated heterocycles. The first kappa shape index (κ1) is 15.7. The van der Waals surface area contributed by atoms with E-state index in [2.05, 4.69) is 48.3 Å². The van der Waals surface area contributed by atoms with Crippen LogP contribution in [0.4, 0.5) is 0 Å². The molecule has 0 aromatic heterocycles. The average Bonchev–Trinajstić information content (AvgIpc) is 3.02.